The van der Waals surface area contributed by atoms with Crippen LogP contribution in [0.15, 0.2) is 48.5 Å². The molecule has 134 valence electrons. The molecule has 0 aromatic heterocycles. The molecule has 0 bridgehead atoms. The molecule has 25 heavy (non-hydrogen) atoms. The molecule has 0 atom stereocenters. The molecule has 0 heterocycles. The minimum Gasteiger partial charge on any atom is -0.433 e. The van der Waals surface area contributed by atoms with Crippen LogP contribution in [-0.2, 0) is 0 Å². The Morgan fingerprint density at radius 3 is 2.40 bits per heavy atom. The smallest absolute Gasteiger partial charge is 0.387 e. The Bertz CT molecular complexity index is 690. The second-order valence-electron chi connectivity index (χ2n) is 5.46. The van der Waals surface area contributed by atoms with Crippen LogP contribution in [0.25, 0.3) is 0 Å². The highest BCUT2D eigenvalue weighted by Gasteiger charge is 2.13. The molecule has 0 fully saturated rings. The fourth-order valence-corrected chi connectivity index (χ4v) is 2.53. The van der Waals surface area contributed by atoms with Gasteiger partial charge in [-0.25, -0.2) is 0 Å². The average Bonchev–Trinajstić information content (AvgIpc) is 2.61. The Hall–Kier alpha value is -2.63. The molecule has 2 aromatic rings. The number of anilines is 2. The van der Waals surface area contributed by atoms with Gasteiger partial charge < -0.3 is 15.0 Å². The Kier molecular flexibility index (Phi) is 6.74. The molecule has 0 unspecified atom stereocenters. The molecule has 0 aliphatic heterocycles. The predicted octanol–water partition coefficient (Wildman–Crippen LogP) is 4.78. The van der Waals surface area contributed by atoms with Gasteiger partial charge in [-0.3, -0.25) is 4.79 Å². The zero-order valence-corrected chi connectivity index (χ0v) is 14.3. The topological polar surface area (TPSA) is 41.6 Å². The summed E-state index contributed by atoms with van der Waals surface area (Å²) in [6, 6.07) is 13.3. The van der Waals surface area contributed by atoms with E-state index in [1.165, 1.54) is 12.1 Å². The minimum atomic E-state index is -2.95. The number of hydrogen-bond donors (Lipinski definition) is 1. The van der Waals surface area contributed by atoms with E-state index < -0.39 is 6.61 Å². The van der Waals surface area contributed by atoms with Gasteiger partial charge >= 0.3 is 6.61 Å². The minimum absolute atomic E-state index is 0.0671. The predicted molar refractivity (Wildman–Crippen MR) is 95.6 cm³/mol. The maximum absolute atomic E-state index is 12.4. The lowest BCUT2D eigenvalue weighted by atomic mass is 10.1. The number of carbonyl (C=O) groups excluding carboxylic acids is 1. The van der Waals surface area contributed by atoms with E-state index in [9.17, 15) is 13.6 Å². The largest absolute Gasteiger partial charge is 0.433 e. The number of hydrogen-bond acceptors (Lipinski definition) is 3. The number of nitrogens with one attached hydrogen (secondary N) is 1. The molecule has 1 amide bonds. The monoisotopic (exact) mass is 348 g/mol. The van der Waals surface area contributed by atoms with Crippen molar-refractivity contribution < 1.29 is 18.3 Å². The molecule has 2 rings (SSSR count). The number of alkyl halides is 2. The van der Waals surface area contributed by atoms with Crippen LogP contribution in [0.3, 0.4) is 0 Å². The molecule has 1 N–H and O–H groups in total. The summed E-state index contributed by atoms with van der Waals surface area (Å²) in [5.74, 6) is -0.446. The summed E-state index contributed by atoms with van der Waals surface area (Å²) in [5, 5.41) is 2.61. The summed E-state index contributed by atoms with van der Waals surface area (Å²) >= 11 is 0. The van der Waals surface area contributed by atoms with Gasteiger partial charge in [0, 0.05) is 24.3 Å². The molecule has 0 aliphatic carbocycles. The van der Waals surface area contributed by atoms with E-state index in [1.54, 1.807) is 24.3 Å². The van der Waals surface area contributed by atoms with Gasteiger partial charge in [-0.05, 0) is 49.7 Å². The quantitative estimate of drug-likeness (QED) is 0.747. The second-order valence-corrected chi connectivity index (χ2v) is 5.46. The molecule has 6 heteroatoms. The van der Waals surface area contributed by atoms with Crippen LogP contribution in [0, 0.1) is 0 Å². The van der Waals surface area contributed by atoms with Gasteiger partial charge in [0.15, 0.2) is 0 Å². The highest BCUT2D eigenvalue weighted by Crippen LogP contribution is 2.26. The van der Waals surface area contributed by atoms with Gasteiger partial charge in [0.2, 0.25) is 0 Å². The molecular formula is C19H22F2N2O2. The normalized spacial score (nSPS) is 10.6. The van der Waals surface area contributed by atoms with Gasteiger partial charge in [0.25, 0.3) is 5.91 Å². The highest BCUT2D eigenvalue weighted by atomic mass is 19.3. The number of carbonyl (C=O) groups is 1. The van der Waals surface area contributed by atoms with Crippen molar-refractivity contribution in [1.82, 2.24) is 0 Å². The van der Waals surface area contributed by atoms with Crippen molar-refractivity contribution in [3.05, 3.63) is 54.1 Å². The van der Waals surface area contributed by atoms with E-state index in [0.29, 0.717) is 5.56 Å². The summed E-state index contributed by atoms with van der Waals surface area (Å²) < 4.78 is 29.3. The third-order valence-corrected chi connectivity index (χ3v) is 3.72. The van der Waals surface area contributed by atoms with Gasteiger partial charge in [0.05, 0.1) is 5.69 Å². The number of nitrogens with zero attached hydrogens (tertiary/aromatic N) is 1. The Morgan fingerprint density at radius 1 is 1.12 bits per heavy atom. The molecule has 0 saturated heterocycles. The molecule has 0 spiro atoms. The van der Waals surface area contributed by atoms with Gasteiger partial charge in [-0.15, -0.1) is 0 Å². The van der Waals surface area contributed by atoms with Crippen LogP contribution < -0.4 is 15.0 Å². The second kappa shape index (κ2) is 9.01. The lowest BCUT2D eigenvalue weighted by Crippen LogP contribution is -2.23. The van der Waals surface area contributed by atoms with Crippen molar-refractivity contribution in [2.45, 2.75) is 26.9 Å². The lowest BCUT2D eigenvalue weighted by Gasteiger charge is -2.22. The lowest BCUT2D eigenvalue weighted by molar-refractivity contribution is -0.0493. The first-order chi connectivity index (χ1) is 12.0. The van der Waals surface area contributed by atoms with E-state index in [4.69, 9.17) is 0 Å². The number of para-hydroxylation sites is 2. The van der Waals surface area contributed by atoms with Crippen LogP contribution in [0.4, 0.5) is 20.2 Å². The maximum Gasteiger partial charge on any atom is 0.387 e. The molecule has 2 aromatic carbocycles. The van der Waals surface area contributed by atoms with Crippen LogP contribution in [0.5, 0.6) is 5.75 Å². The summed E-state index contributed by atoms with van der Waals surface area (Å²) in [6.45, 7) is 3.08. The first kappa shape index (κ1) is 18.7. The van der Waals surface area contributed by atoms with E-state index in [-0.39, 0.29) is 17.3 Å². The van der Waals surface area contributed by atoms with Crippen molar-refractivity contribution >= 4 is 17.3 Å². The third-order valence-electron chi connectivity index (χ3n) is 3.72. The first-order valence-corrected chi connectivity index (χ1v) is 8.25. The zero-order chi connectivity index (χ0) is 18.2. The summed E-state index contributed by atoms with van der Waals surface area (Å²) in [4.78, 5) is 14.6. The summed E-state index contributed by atoms with van der Waals surface area (Å²) in [7, 11) is 0. The number of amides is 1. The molecule has 0 radical (unpaired) electrons. The molecule has 4 nitrogen and oxygen atoms in total. The average molecular weight is 348 g/mol. The molecular weight excluding hydrogens is 326 g/mol. The van der Waals surface area contributed by atoms with E-state index in [2.05, 4.69) is 28.8 Å². The Labute approximate surface area is 146 Å². The Morgan fingerprint density at radius 2 is 1.80 bits per heavy atom. The fourth-order valence-electron chi connectivity index (χ4n) is 2.53. The summed E-state index contributed by atoms with van der Waals surface area (Å²) in [5.41, 5.74) is 1.70. The van der Waals surface area contributed by atoms with E-state index >= 15 is 0 Å². The standard InChI is InChI=1S/C19H22F2N2O2/c1-3-13-23(4-2)15-11-9-14(10-12-15)18(24)22-16-7-5-6-8-17(16)25-19(20)21/h5-12,19H,3-4,13H2,1-2H3,(H,22,24). The SMILES string of the molecule is CCCN(CC)c1ccc(C(=O)Nc2ccccc2OC(F)F)cc1. The van der Waals surface area contributed by atoms with Crippen molar-refractivity contribution in [1.29, 1.82) is 0 Å². The first-order valence-electron chi connectivity index (χ1n) is 8.25. The Balaban J connectivity index is 2.11. The van der Waals surface area contributed by atoms with Gasteiger partial charge in [-0.1, -0.05) is 19.1 Å². The van der Waals surface area contributed by atoms with E-state index in [0.717, 1.165) is 25.2 Å². The number of ether oxygens (including phenoxy) is 1. The van der Waals surface area contributed by atoms with Crippen LogP contribution in [-0.4, -0.2) is 25.6 Å². The zero-order valence-electron chi connectivity index (χ0n) is 14.3. The number of halogens is 2. The van der Waals surface area contributed by atoms with E-state index in [1.807, 2.05) is 12.1 Å². The van der Waals surface area contributed by atoms with Gasteiger partial charge in [-0.2, -0.15) is 8.78 Å². The summed E-state index contributed by atoms with van der Waals surface area (Å²) in [6.07, 6.45) is 1.04. The molecule has 0 aliphatic rings. The maximum atomic E-state index is 12.4. The van der Waals surface area contributed by atoms with Crippen LogP contribution >= 0.6 is 0 Å². The third kappa shape index (κ3) is 5.17. The highest BCUT2D eigenvalue weighted by molar-refractivity contribution is 6.05. The fraction of sp³-hybridized carbons (Fsp3) is 0.316. The number of benzene rings is 2. The van der Waals surface area contributed by atoms with Crippen molar-refractivity contribution in [2.75, 3.05) is 23.3 Å². The van der Waals surface area contributed by atoms with Gasteiger partial charge in [0.1, 0.15) is 5.75 Å². The van der Waals surface area contributed by atoms with Crippen molar-refractivity contribution in [3.8, 4) is 5.75 Å². The molecule has 0 saturated carbocycles. The van der Waals surface area contributed by atoms with Crippen LogP contribution in [0.1, 0.15) is 30.6 Å². The van der Waals surface area contributed by atoms with Crippen molar-refractivity contribution in [2.24, 2.45) is 0 Å². The number of rotatable bonds is 8. The van der Waals surface area contributed by atoms with Crippen molar-refractivity contribution in [3.63, 3.8) is 0 Å². The van der Waals surface area contributed by atoms with Crippen LogP contribution in [0.2, 0.25) is 0 Å².